The topological polar surface area (TPSA) is 68.9 Å². The van der Waals surface area contributed by atoms with Gasteiger partial charge in [-0.25, -0.2) is 4.99 Å². The van der Waals surface area contributed by atoms with E-state index in [4.69, 9.17) is 26.8 Å². The summed E-state index contributed by atoms with van der Waals surface area (Å²) >= 11 is 6.11. The zero-order valence-corrected chi connectivity index (χ0v) is 18.1. The number of hydrogen-bond donors (Lipinski definition) is 2. The molecule has 0 radical (unpaired) electrons. The van der Waals surface area contributed by atoms with Gasteiger partial charge in [-0.3, -0.25) is 0 Å². The number of hydrogen-bond acceptors (Lipinski definition) is 3. The van der Waals surface area contributed by atoms with Crippen LogP contribution in [-0.2, 0) is 17.9 Å². The van der Waals surface area contributed by atoms with Crippen LogP contribution in [0.2, 0.25) is 5.02 Å². The molecule has 2 aromatic rings. The lowest BCUT2D eigenvalue weighted by atomic mass is 10.1. The number of rotatable bonds is 8. The molecule has 142 valence electrons. The van der Waals surface area contributed by atoms with Crippen LogP contribution in [0.5, 0.6) is 5.75 Å². The van der Waals surface area contributed by atoms with Crippen LogP contribution >= 0.6 is 35.6 Å². The molecule has 0 aliphatic carbocycles. The predicted molar refractivity (Wildman–Crippen MR) is 119 cm³/mol. The van der Waals surface area contributed by atoms with Crippen LogP contribution in [0.15, 0.2) is 47.5 Å². The first-order valence-corrected chi connectivity index (χ1v) is 8.56. The highest BCUT2D eigenvalue weighted by atomic mass is 127. The van der Waals surface area contributed by atoms with Gasteiger partial charge in [-0.2, -0.15) is 0 Å². The number of aliphatic imine (C=N–C) groups is 1. The van der Waals surface area contributed by atoms with Gasteiger partial charge in [-0.15, -0.1) is 24.0 Å². The Hall–Kier alpha value is -1.51. The second kappa shape index (κ2) is 12.0. The first-order valence-electron chi connectivity index (χ1n) is 8.19. The smallest absolute Gasteiger partial charge is 0.193 e. The monoisotopic (exact) mass is 489 g/mol. The van der Waals surface area contributed by atoms with Gasteiger partial charge >= 0.3 is 0 Å². The summed E-state index contributed by atoms with van der Waals surface area (Å²) in [6.07, 6.45) is 1.00. The summed E-state index contributed by atoms with van der Waals surface area (Å²) in [5.74, 6) is 0.939. The van der Waals surface area contributed by atoms with Crippen LogP contribution in [0.1, 0.15) is 24.5 Å². The molecule has 0 aliphatic heterocycles. The SMILES string of the molecule is CCCOCc1ccccc1CN=C(N)Nc1ccc(OC)c(Cl)c1.I. The summed E-state index contributed by atoms with van der Waals surface area (Å²) < 4.78 is 10.8. The molecule has 0 heterocycles. The maximum absolute atomic E-state index is 6.11. The summed E-state index contributed by atoms with van der Waals surface area (Å²) in [7, 11) is 1.58. The van der Waals surface area contributed by atoms with Gasteiger partial charge in [0.1, 0.15) is 5.75 Å². The zero-order chi connectivity index (χ0) is 18.1. The quantitative estimate of drug-likeness (QED) is 0.241. The molecule has 5 nitrogen and oxygen atoms in total. The fourth-order valence-corrected chi connectivity index (χ4v) is 2.54. The summed E-state index contributed by atoms with van der Waals surface area (Å²) in [5, 5.41) is 3.55. The van der Waals surface area contributed by atoms with E-state index in [-0.39, 0.29) is 24.0 Å². The minimum absolute atomic E-state index is 0. The van der Waals surface area contributed by atoms with E-state index < -0.39 is 0 Å². The molecule has 0 spiro atoms. The van der Waals surface area contributed by atoms with Gasteiger partial charge in [-0.1, -0.05) is 42.8 Å². The van der Waals surface area contributed by atoms with Crippen LogP contribution in [-0.4, -0.2) is 19.7 Å². The van der Waals surface area contributed by atoms with Crippen LogP contribution in [0, 0.1) is 0 Å². The summed E-state index contributed by atoms with van der Waals surface area (Å²) in [6.45, 7) is 3.91. The molecule has 3 N–H and O–H groups in total. The summed E-state index contributed by atoms with van der Waals surface area (Å²) in [4.78, 5) is 4.40. The average molecular weight is 490 g/mol. The highest BCUT2D eigenvalue weighted by molar-refractivity contribution is 14.0. The Morgan fingerprint density at radius 2 is 1.92 bits per heavy atom. The lowest BCUT2D eigenvalue weighted by Crippen LogP contribution is -2.22. The predicted octanol–water partition coefficient (Wildman–Crippen LogP) is 4.82. The molecule has 0 bridgehead atoms. The van der Waals surface area contributed by atoms with Crippen molar-refractivity contribution in [2.24, 2.45) is 10.7 Å². The lowest BCUT2D eigenvalue weighted by molar-refractivity contribution is 0.121. The standard InChI is InChI=1S/C19H24ClN3O2.HI/c1-3-10-25-13-15-7-5-4-6-14(15)12-22-19(21)23-16-8-9-18(24-2)17(20)11-16;/h4-9,11H,3,10,12-13H2,1-2H3,(H3,21,22,23);1H. The first-order chi connectivity index (χ1) is 12.1. The Morgan fingerprint density at radius 1 is 1.19 bits per heavy atom. The van der Waals surface area contributed by atoms with Crippen molar-refractivity contribution in [1.82, 2.24) is 0 Å². The van der Waals surface area contributed by atoms with Gasteiger partial charge < -0.3 is 20.5 Å². The molecule has 0 fully saturated rings. The number of halogens is 2. The Morgan fingerprint density at radius 3 is 2.58 bits per heavy atom. The van der Waals surface area contributed by atoms with Gasteiger partial charge in [0, 0.05) is 12.3 Å². The molecule has 0 unspecified atom stereocenters. The summed E-state index contributed by atoms with van der Waals surface area (Å²) in [5.41, 5.74) is 8.95. The van der Waals surface area contributed by atoms with Crippen molar-refractivity contribution >= 4 is 47.2 Å². The van der Waals surface area contributed by atoms with Gasteiger partial charge in [0.25, 0.3) is 0 Å². The van der Waals surface area contributed by atoms with Crippen LogP contribution < -0.4 is 15.8 Å². The molecule has 2 rings (SSSR count). The number of methoxy groups -OCH3 is 1. The van der Waals surface area contributed by atoms with Crippen LogP contribution in [0.25, 0.3) is 0 Å². The Labute approximate surface area is 177 Å². The highest BCUT2D eigenvalue weighted by Crippen LogP contribution is 2.27. The zero-order valence-electron chi connectivity index (χ0n) is 15.0. The molecule has 0 amide bonds. The molecule has 0 saturated heterocycles. The van der Waals surface area contributed by atoms with Crippen LogP contribution in [0.3, 0.4) is 0 Å². The van der Waals surface area contributed by atoms with E-state index >= 15 is 0 Å². The molecule has 0 saturated carbocycles. The molecule has 0 aromatic heterocycles. The Bertz CT molecular complexity index is 726. The van der Waals surface area contributed by atoms with E-state index in [2.05, 4.69) is 17.2 Å². The van der Waals surface area contributed by atoms with E-state index in [0.717, 1.165) is 29.8 Å². The second-order valence-corrected chi connectivity index (χ2v) is 5.90. The lowest BCUT2D eigenvalue weighted by Gasteiger charge is -2.10. The molecular formula is C19H25ClIN3O2. The molecule has 0 aliphatic rings. The van der Waals surface area contributed by atoms with Crippen molar-refractivity contribution in [3.63, 3.8) is 0 Å². The number of nitrogens with zero attached hydrogens (tertiary/aromatic N) is 1. The van der Waals surface area contributed by atoms with Gasteiger partial charge in [0.2, 0.25) is 0 Å². The first kappa shape index (κ1) is 22.5. The van der Waals surface area contributed by atoms with E-state index in [1.807, 2.05) is 30.3 Å². The normalized spacial score (nSPS) is 11.0. The largest absolute Gasteiger partial charge is 0.495 e. The van der Waals surface area contributed by atoms with Gasteiger partial charge in [0.05, 0.1) is 25.3 Å². The van der Waals surface area contributed by atoms with Crippen molar-refractivity contribution in [3.8, 4) is 5.75 Å². The Kier molecular flexibility index (Phi) is 10.4. The van der Waals surface area contributed by atoms with E-state index in [1.165, 1.54) is 0 Å². The number of anilines is 1. The molecule has 2 aromatic carbocycles. The molecular weight excluding hydrogens is 465 g/mol. The van der Waals surface area contributed by atoms with Crippen molar-refractivity contribution in [3.05, 3.63) is 58.6 Å². The third-order valence-corrected chi connectivity index (χ3v) is 3.86. The Balaban J connectivity index is 0.00000338. The fourth-order valence-electron chi connectivity index (χ4n) is 2.28. The number of guanidine groups is 1. The third kappa shape index (κ3) is 7.01. The number of ether oxygens (including phenoxy) is 2. The van der Waals surface area contributed by atoms with Crippen molar-refractivity contribution < 1.29 is 9.47 Å². The van der Waals surface area contributed by atoms with E-state index in [0.29, 0.717) is 29.9 Å². The third-order valence-electron chi connectivity index (χ3n) is 3.57. The molecule has 0 atom stereocenters. The van der Waals surface area contributed by atoms with Crippen molar-refractivity contribution in [1.29, 1.82) is 0 Å². The second-order valence-electron chi connectivity index (χ2n) is 5.50. The minimum atomic E-state index is 0. The number of nitrogens with two attached hydrogens (primary N) is 1. The van der Waals surface area contributed by atoms with E-state index in [9.17, 15) is 0 Å². The van der Waals surface area contributed by atoms with Gasteiger partial charge in [0.15, 0.2) is 5.96 Å². The van der Waals surface area contributed by atoms with E-state index in [1.54, 1.807) is 19.2 Å². The van der Waals surface area contributed by atoms with Crippen molar-refractivity contribution in [2.45, 2.75) is 26.5 Å². The summed E-state index contributed by atoms with van der Waals surface area (Å²) in [6, 6.07) is 13.4. The van der Waals surface area contributed by atoms with Crippen molar-refractivity contribution in [2.75, 3.05) is 19.0 Å². The number of benzene rings is 2. The highest BCUT2D eigenvalue weighted by Gasteiger charge is 2.04. The maximum atomic E-state index is 6.11. The van der Waals surface area contributed by atoms with Crippen LogP contribution in [0.4, 0.5) is 5.69 Å². The number of nitrogens with one attached hydrogen (secondary N) is 1. The average Bonchev–Trinajstić information content (AvgIpc) is 2.61. The fraction of sp³-hybridized carbons (Fsp3) is 0.316. The molecule has 7 heteroatoms. The maximum Gasteiger partial charge on any atom is 0.193 e. The minimum Gasteiger partial charge on any atom is -0.495 e. The van der Waals surface area contributed by atoms with Gasteiger partial charge in [-0.05, 0) is 35.7 Å². The molecule has 26 heavy (non-hydrogen) atoms.